The lowest BCUT2D eigenvalue weighted by Gasteiger charge is -2.22. The van der Waals surface area contributed by atoms with Gasteiger partial charge < -0.3 is 10.4 Å². The van der Waals surface area contributed by atoms with Crippen LogP contribution in [0.5, 0.6) is 0 Å². The van der Waals surface area contributed by atoms with Crippen molar-refractivity contribution in [2.75, 3.05) is 6.61 Å². The van der Waals surface area contributed by atoms with E-state index >= 15 is 0 Å². The molecule has 0 atom stereocenters. The monoisotopic (exact) mass is 258 g/mol. The number of aromatic nitrogens is 1. The van der Waals surface area contributed by atoms with Crippen LogP contribution >= 0.6 is 0 Å². The molecule has 0 saturated heterocycles. The van der Waals surface area contributed by atoms with Gasteiger partial charge in [0.15, 0.2) is 0 Å². The van der Waals surface area contributed by atoms with Crippen molar-refractivity contribution in [2.45, 2.75) is 38.1 Å². The van der Waals surface area contributed by atoms with E-state index in [1.807, 2.05) is 0 Å². The van der Waals surface area contributed by atoms with Gasteiger partial charge in [-0.1, -0.05) is 31.1 Å². The number of pyridine rings is 1. The molecule has 0 aliphatic heterocycles. The van der Waals surface area contributed by atoms with Crippen LogP contribution in [0.2, 0.25) is 0 Å². The fraction of sp³-hybridized carbons (Fsp3) is 0.467. The van der Waals surface area contributed by atoms with Gasteiger partial charge in [-0.05, 0) is 25.0 Å². The van der Waals surface area contributed by atoms with E-state index in [2.05, 4.69) is 22.1 Å². The normalized spacial score (nSPS) is 15.4. The van der Waals surface area contributed by atoms with Crippen molar-refractivity contribution in [1.82, 2.24) is 10.3 Å². The van der Waals surface area contributed by atoms with E-state index in [1.54, 1.807) is 18.3 Å². The average Bonchev–Trinajstić information content (AvgIpc) is 2.46. The van der Waals surface area contributed by atoms with Crippen LogP contribution in [-0.2, 0) is 0 Å². The molecule has 100 valence electrons. The third-order valence-electron chi connectivity index (χ3n) is 3.27. The van der Waals surface area contributed by atoms with Crippen LogP contribution in [0.4, 0.5) is 0 Å². The van der Waals surface area contributed by atoms with Crippen molar-refractivity contribution >= 4 is 5.91 Å². The highest BCUT2D eigenvalue weighted by molar-refractivity contribution is 5.94. The van der Waals surface area contributed by atoms with Crippen LogP contribution < -0.4 is 5.32 Å². The first-order valence-corrected chi connectivity index (χ1v) is 6.67. The molecule has 0 bridgehead atoms. The lowest BCUT2D eigenvalue weighted by molar-refractivity contribution is 0.0922. The Kier molecular flexibility index (Phi) is 4.93. The lowest BCUT2D eigenvalue weighted by atomic mass is 9.95. The summed E-state index contributed by atoms with van der Waals surface area (Å²) in [6.07, 6.45) is 7.25. The summed E-state index contributed by atoms with van der Waals surface area (Å²) in [5.41, 5.74) is 0.902. The number of hydrogen-bond donors (Lipinski definition) is 2. The molecular formula is C15H18N2O2. The Hall–Kier alpha value is -1.86. The van der Waals surface area contributed by atoms with Crippen LogP contribution in [0, 0.1) is 11.8 Å². The van der Waals surface area contributed by atoms with E-state index in [9.17, 15) is 4.79 Å². The van der Waals surface area contributed by atoms with E-state index in [0.717, 1.165) is 12.8 Å². The van der Waals surface area contributed by atoms with Gasteiger partial charge in [0.25, 0.3) is 5.91 Å². The van der Waals surface area contributed by atoms with Crippen molar-refractivity contribution in [3.05, 3.63) is 29.6 Å². The topological polar surface area (TPSA) is 62.2 Å². The van der Waals surface area contributed by atoms with Gasteiger partial charge in [0, 0.05) is 12.2 Å². The third kappa shape index (κ3) is 3.80. The number of amides is 1. The number of hydrogen-bond acceptors (Lipinski definition) is 3. The van der Waals surface area contributed by atoms with Crippen molar-refractivity contribution in [1.29, 1.82) is 0 Å². The van der Waals surface area contributed by atoms with E-state index in [-0.39, 0.29) is 18.6 Å². The van der Waals surface area contributed by atoms with Crippen LogP contribution in [-0.4, -0.2) is 28.6 Å². The molecule has 2 N–H and O–H groups in total. The number of carbonyl (C=O) groups is 1. The maximum Gasteiger partial charge on any atom is 0.271 e. The Morgan fingerprint density at radius 3 is 2.95 bits per heavy atom. The molecule has 1 aromatic rings. The average molecular weight is 258 g/mol. The van der Waals surface area contributed by atoms with Gasteiger partial charge >= 0.3 is 0 Å². The molecule has 0 radical (unpaired) electrons. The van der Waals surface area contributed by atoms with Crippen molar-refractivity contribution < 1.29 is 9.90 Å². The summed E-state index contributed by atoms with van der Waals surface area (Å²) >= 11 is 0. The Morgan fingerprint density at radius 2 is 2.21 bits per heavy atom. The SMILES string of the molecule is O=C(NC1CCCCC1)c1ncccc1C#CCO. The maximum atomic E-state index is 12.2. The zero-order chi connectivity index (χ0) is 13.5. The molecule has 1 aliphatic rings. The zero-order valence-corrected chi connectivity index (χ0v) is 10.9. The van der Waals surface area contributed by atoms with Crippen molar-refractivity contribution in [3.63, 3.8) is 0 Å². The highest BCUT2D eigenvalue weighted by atomic mass is 16.2. The van der Waals surface area contributed by atoms with Gasteiger partial charge in [0.2, 0.25) is 0 Å². The van der Waals surface area contributed by atoms with Gasteiger partial charge in [-0.15, -0.1) is 0 Å². The van der Waals surface area contributed by atoms with Gasteiger partial charge in [-0.25, -0.2) is 4.98 Å². The van der Waals surface area contributed by atoms with Crippen LogP contribution in [0.25, 0.3) is 0 Å². The minimum atomic E-state index is -0.224. The summed E-state index contributed by atoms with van der Waals surface area (Å²) in [7, 11) is 0. The number of nitrogens with zero attached hydrogens (tertiary/aromatic N) is 1. The Morgan fingerprint density at radius 1 is 1.42 bits per heavy atom. The van der Waals surface area contributed by atoms with E-state index < -0.39 is 0 Å². The van der Waals surface area contributed by atoms with Crippen molar-refractivity contribution in [2.24, 2.45) is 0 Å². The fourth-order valence-electron chi connectivity index (χ4n) is 2.32. The molecule has 0 spiro atoms. The molecule has 1 aromatic heterocycles. The largest absolute Gasteiger partial charge is 0.384 e. The predicted molar refractivity (Wildman–Crippen MR) is 72.5 cm³/mol. The molecule has 1 aliphatic carbocycles. The summed E-state index contributed by atoms with van der Waals surface area (Å²) in [5, 5.41) is 11.7. The van der Waals surface area contributed by atoms with E-state index in [0.29, 0.717) is 11.3 Å². The highest BCUT2D eigenvalue weighted by Gasteiger charge is 2.18. The molecule has 19 heavy (non-hydrogen) atoms. The first kappa shape index (κ1) is 13.6. The molecule has 1 amide bonds. The standard InChI is InChI=1S/C15H18N2O2/c18-11-5-7-12-6-4-10-16-14(12)15(19)17-13-8-2-1-3-9-13/h4,6,10,13,18H,1-3,8-9,11H2,(H,17,19). The maximum absolute atomic E-state index is 12.2. The number of aliphatic hydroxyl groups is 1. The Labute approximate surface area is 113 Å². The predicted octanol–water partition coefficient (Wildman–Crippen LogP) is 1.49. The van der Waals surface area contributed by atoms with Crippen LogP contribution in [0.1, 0.15) is 48.2 Å². The van der Waals surface area contributed by atoms with Gasteiger partial charge in [-0.3, -0.25) is 4.79 Å². The third-order valence-corrected chi connectivity index (χ3v) is 3.27. The lowest BCUT2D eigenvalue weighted by Crippen LogP contribution is -2.36. The minimum Gasteiger partial charge on any atom is -0.384 e. The molecule has 2 rings (SSSR count). The van der Waals surface area contributed by atoms with Gasteiger partial charge in [-0.2, -0.15) is 0 Å². The zero-order valence-electron chi connectivity index (χ0n) is 10.9. The van der Waals surface area contributed by atoms with Crippen LogP contribution in [0.3, 0.4) is 0 Å². The summed E-state index contributed by atoms with van der Waals surface area (Å²) in [6, 6.07) is 3.73. The molecular weight excluding hydrogens is 240 g/mol. The fourth-order valence-corrected chi connectivity index (χ4v) is 2.32. The minimum absolute atomic E-state index is 0.172. The Bertz CT molecular complexity index is 496. The molecule has 1 fully saturated rings. The second-order valence-electron chi connectivity index (χ2n) is 4.67. The number of nitrogens with one attached hydrogen (secondary N) is 1. The highest BCUT2D eigenvalue weighted by Crippen LogP contribution is 2.18. The van der Waals surface area contributed by atoms with Gasteiger partial charge in [0.05, 0.1) is 5.56 Å². The summed E-state index contributed by atoms with van der Waals surface area (Å²) < 4.78 is 0. The van der Waals surface area contributed by atoms with Gasteiger partial charge in [0.1, 0.15) is 12.3 Å². The first-order chi connectivity index (χ1) is 9.31. The molecule has 4 nitrogen and oxygen atoms in total. The smallest absolute Gasteiger partial charge is 0.271 e. The Balaban J connectivity index is 2.09. The van der Waals surface area contributed by atoms with Crippen molar-refractivity contribution in [3.8, 4) is 11.8 Å². The van der Waals surface area contributed by atoms with Crippen LogP contribution in [0.15, 0.2) is 18.3 Å². The second kappa shape index (κ2) is 6.91. The molecule has 1 heterocycles. The number of carbonyl (C=O) groups excluding carboxylic acids is 1. The number of rotatable bonds is 2. The first-order valence-electron chi connectivity index (χ1n) is 6.67. The number of aliphatic hydroxyl groups excluding tert-OH is 1. The van der Waals surface area contributed by atoms with E-state index in [1.165, 1.54) is 19.3 Å². The molecule has 4 heteroatoms. The quantitative estimate of drug-likeness (QED) is 0.790. The molecule has 1 saturated carbocycles. The summed E-state index contributed by atoms with van der Waals surface area (Å²) in [6.45, 7) is -0.224. The second-order valence-corrected chi connectivity index (χ2v) is 4.67. The van der Waals surface area contributed by atoms with E-state index in [4.69, 9.17) is 5.11 Å². The summed E-state index contributed by atoms with van der Waals surface area (Å²) in [4.78, 5) is 16.3. The molecule has 0 aromatic carbocycles. The summed E-state index contributed by atoms with van der Waals surface area (Å²) in [5.74, 6) is 5.14. The molecule has 0 unspecified atom stereocenters.